The van der Waals surface area contributed by atoms with Crippen molar-refractivity contribution in [1.82, 2.24) is 19.4 Å². The van der Waals surface area contributed by atoms with E-state index in [1.807, 2.05) is 37.4 Å². The van der Waals surface area contributed by atoms with Crippen molar-refractivity contribution in [2.24, 2.45) is 0 Å². The third-order valence-corrected chi connectivity index (χ3v) is 9.32. The minimum atomic E-state index is -3.66. The van der Waals surface area contributed by atoms with Crippen LogP contribution in [0.25, 0.3) is 0 Å². The molecule has 0 atom stereocenters. The van der Waals surface area contributed by atoms with Crippen LogP contribution in [0.3, 0.4) is 0 Å². The van der Waals surface area contributed by atoms with Crippen LogP contribution in [-0.4, -0.2) is 67.0 Å². The van der Waals surface area contributed by atoms with Gasteiger partial charge in [0.1, 0.15) is 0 Å². The fourth-order valence-corrected chi connectivity index (χ4v) is 6.54. The van der Waals surface area contributed by atoms with Crippen molar-refractivity contribution in [3.63, 3.8) is 0 Å². The molecule has 1 N–H and O–H groups in total. The standard InChI is InChI=1S/C22H25N5O3S3/c1-16-8-9-18(33(29,30)27-12-10-26(2)11-13-27)14-19(16)20(28)23-21-24-25-22(32-21)31-15-17-6-4-3-5-7-17/h3-9,14H,10-13,15H2,1-2H3,(H,23,24,28). The number of anilines is 1. The zero-order valence-corrected chi connectivity index (χ0v) is 20.8. The lowest BCUT2D eigenvalue weighted by Crippen LogP contribution is -2.47. The quantitative estimate of drug-likeness (QED) is 0.390. The first kappa shape index (κ1) is 23.8. The van der Waals surface area contributed by atoms with E-state index in [9.17, 15) is 13.2 Å². The largest absolute Gasteiger partial charge is 0.304 e. The first-order valence-electron chi connectivity index (χ1n) is 10.4. The number of carbonyl (C=O) groups is 1. The Labute approximate surface area is 202 Å². The zero-order valence-electron chi connectivity index (χ0n) is 18.4. The summed E-state index contributed by atoms with van der Waals surface area (Å²) < 4.78 is 28.4. The Hall–Kier alpha value is -2.31. The molecule has 1 aliphatic rings. The Balaban J connectivity index is 1.45. The van der Waals surface area contributed by atoms with Crippen molar-refractivity contribution in [1.29, 1.82) is 0 Å². The maximum absolute atomic E-state index is 13.1. The molecule has 1 amide bonds. The van der Waals surface area contributed by atoms with E-state index in [0.717, 1.165) is 10.1 Å². The van der Waals surface area contributed by atoms with E-state index in [1.54, 1.807) is 30.8 Å². The highest BCUT2D eigenvalue weighted by Gasteiger charge is 2.28. The second-order valence-corrected chi connectivity index (χ2v) is 11.9. The molecule has 1 aromatic heterocycles. The molecule has 33 heavy (non-hydrogen) atoms. The highest BCUT2D eigenvalue weighted by molar-refractivity contribution is 8.00. The highest BCUT2D eigenvalue weighted by atomic mass is 32.2. The molecule has 0 spiro atoms. The van der Waals surface area contributed by atoms with Gasteiger partial charge in [0.15, 0.2) is 4.34 Å². The van der Waals surface area contributed by atoms with Crippen molar-refractivity contribution in [3.05, 3.63) is 65.2 Å². The topological polar surface area (TPSA) is 95.5 Å². The number of nitrogens with zero attached hydrogens (tertiary/aromatic N) is 4. The van der Waals surface area contributed by atoms with E-state index in [4.69, 9.17) is 0 Å². The van der Waals surface area contributed by atoms with Crippen LogP contribution in [0.1, 0.15) is 21.5 Å². The Morgan fingerprint density at radius 3 is 2.55 bits per heavy atom. The molecule has 2 aromatic carbocycles. The van der Waals surface area contributed by atoms with Crippen molar-refractivity contribution in [2.75, 3.05) is 38.5 Å². The number of hydrogen-bond acceptors (Lipinski definition) is 8. The first-order valence-corrected chi connectivity index (χ1v) is 13.7. The Morgan fingerprint density at radius 2 is 1.82 bits per heavy atom. The summed E-state index contributed by atoms with van der Waals surface area (Å²) in [6, 6.07) is 14.7. The molecule has 0 radical (unpaired) electrons. The van der Waals surface area contributed by atoms with Gasteiger partial charge in [-0.05, 0) is 37.2 Å². The summed E-state index contributed by atoms with van der Waals surface area (Å²) in [6.45, 7) is 4.01. The molecule has 0 bridgehead atoms. The second-order valence-electron chi connectivity index (χ2n) is 7.79. The molecule has 1 saturated heterocycles. The van der Waals surface area contributed by atoms with Gasteiger partial charge in [-0.15, -0.1) is 10.2 Å². The number of aromatic nitrogens is 2. The fraction of sp³-hybridized carbons (Fsp3) is 0.318. The number of likely N-dealkylation sites (N-methyl/N-ethyl adjacent to an activating group) is 1. The molecule has 1 aliphatic heterocycles. The molecular weight excluding hydrogens is 478 g/mol. The van der Waals surface area contributed by atoms with Crippen LogP contribution in [0.5, 0.6) is 0 Å². The van der Waals surface area contributed by atoms with Gasteiger partial charge in [-0.1, -0.05) is 59.5 Å². The summed E-state index contributed by atoms with van der Waals surface area (Å²) in [5.74, 6) is 0.355. The summed E-state index contributed by atoms with van der Waals surface area (Å²) in [5.41, 5.74) is 2.17. The summed E-state index contributed by atoms with van der Waals surface area (Å²) in [5, 5.41) is 11.3. The minimum Gasteiger partial charge on any atom is -0.304 e. The van der Waals surface area contributed by atoms with Crippen molar-refractivity contribution in [2.45, 2.75) is 21.9 Å². The molecule has 11 heteroatoms. The van der Waals surface area contributed by atoms with Crippen LogP contribution in [0.2, 0.25) is 0 Å². The van der Waals surface area contributed by atoms with E-state index in [2.05, 4.69) is 20.4 Å². The lowest BCUT2D eigenvalue weighted by molar-refractivity contribution is 0.102. The third kappa shape index (κ3) is 5.79. The molecular formula is C22H25N5O3S3. The van der Waals surface area contributed by atoms with Gasteiger partial charge in [-0.2, -0.15) is 4.31 Å². The number of carbonyl (C=O) groups excluding carboxylic acids is 1. The predicted octanol–water partition coefficient (Wildman–Crippen LogP) is 3.33. The molecule has 174 valence electrons. The van der Waals surface area contributed by atoms with Crippen LogP contribution in [0.4, 0.5) is 5.13 Å². The number of amides is 1. The molecule has 0 unspecified atom stereocenters. The van der Waals surface area contributed by atoms with Gasteiger partial charge in [0.25, 0.3) is 5.91 Å². The molecule has 1 fully saturated rings. The molecule has 0 aliphatic carbocycles. The summed E-state index contributed by atoms with van der Waals surface area (Å²) >= 11 is 2.84. The van der Waals surface area contributed by atoms with Crippen molar-refractivity contribution in [3.8, 4) is 0 Å². The van der Waals surface area contributed by atoms with Gasteiger partial charge < -0.3 is 4.90 Å². The van der Waals surface area contributed by atoms with E-state index < -0.39 is 15.9 Å². The maximum Gasteiger partial charge on any atom is 0.257 e. The normalized spacial score (nSPS) is 15.5. The number of sulfonamides is 1. The molecule has 0 saturated carbocycles. The Bertz CT molecular complexity index is 1220. The molecule has 2 heterocycles. The lowest BCUT2D eigenvalue weighted by atomic mass is 10.1. The number of hydrogen-bond donors (Lipinski definition) is 1. The van der Waals surface area contributed by atoms with Crippen molar-refractivity contribution >= 4 is 44.2 Å². The van der Waals surface area contributed by atoms with Gasteiger partial charge in [-0.25, -0.2) is 8.42 Å². The number of piperazine rings is 1. The third-order valence-electron chi connectivity index (χ3n) is 5.39. The predicted molar refractivity (Wildman–Crippen MR) is 131 cm³/mol. The second kappa shape index (κ2) is 10.3. The average Bonchev–Trinajstić information content (AvgIpc) is 3.26. The highest BCUT2D eigenvalue weighted by Crippen LogP contribution is 2.29. The number of benzene rings is 2. The van der Waals surface area contributed by atoms with Crippen LogP contribution in [-0.2, 0) is 15.8 Å². The monoisotopic (exact) mass is 503 g/mol. The molecule has 8 nitrogen and oxygen atoms in total. The van der Waals surface area contributed by atoms with Gasteiger partial charge in [-0.3, -0.25) is 10.1 Å². The first-order chi connectivity index (χ1) is 15.8. The Kier molecular flexibility index (Phi) is 7.45. The minimum absolute atomic E-state index is 0.124. The van der Waals surface area contributed by atoms with Crippen LogP contribution < -0.4 is 5.32 Å². The van der Waals surface area contributed by atoms with Crippen LogP contribution in [0, 0.1) is 6.92 Å². The van der Waals surface area contributed by atoms with E-state index in [-0.39, 0.29) is 4.90 Å². The SMILES string of the molecule is Cc1ccc(S(=O)(=O)N2CCN(C)CC2)cc1C(=O)Nc1nnc(SCc2ccccc2)s1. The zero-order chi connectivity index (χ0) is 23.4. The van der Waals surface area contributed by atoms with Crippen LogP contribution >= 0.6 is 23.1 Å². The van der Waals surface area contributed by atoms with E-state index >= 15 is 0 Å². The van der Waals surface area contributed by atoms with Crippen molar-refractivity contribution < 1.29 is 13.2 Å². The lowest BCUT2D eigenvalue weighted by Gasteiger charge is -2.31. The summed E-state index contributed by atoms with van der Waals surface area (Å²) in [6.07, 6.45) is 0. The number of thioether (sulfide) groups is 1. The maximum atomic E-state index is 13.1. The van der Waals surface area contributed by atoms with Gasteiger partial charge in [0.05, 0.1) is 4.90 Å². The van der Waals surface area contributed by atoms with E-state index in [1.165, 1.54) is 27.3 Å². The van der Waals surface area contributed by atoms with Gasteiger partial charge >= 0.3 is 0 Å². The number of aryl methyl sites for hydroxylation is 1. The number of rotatable bonds is 7. The van der Waals surface area contributed by atoms with Crippen LogP contribution in [0.15, 0.2) is 57.8 Å². The van der Waals surface area contributed by atoms with Gasteiger partial charge in [0, 0.05) is 37.5 Å². The summed E-state index contributed by atoms with van der Waals surface area (Å²) in [7, 11) is -1.69. The smallest absolute Gasteiger partial charge is 0.257 e. The van der Waals surface area contributed by atoms with Gasteiger partial charge in [0.2, 0.25) is 15.2 Å². The fourth-order valence-electron chi connectivity index (χ4n) is 3.39. The van der Waals surface area contributed by atoms with E-state index in [0.29, 0.717) is 42.4 Å². The average molecular weight is 504 g/mol. The molecule has 4 rings (SSSR count). The Morgan fingerprint density at radius 1 is 1.09 bits per heavy atom. The summed E-state index contributed by atoms with van der Waals surface area (Å²) in [4.78, 5) is 15.1. The number of nitrogens with one attached hydrogen (secondary N) is 1. The molecule has 3 aromatic rings.